The maximum absolute atomic E-state index is 12.3. The van der Waals surface area contributed by atoms with Gasteiger partial charge in [-0.05, 0) is 37.3 Å². The van der Waals surface area contributed by atoms with E-state index in [1.165, 1.54) is 5.56 Å². The van der Waals surface area contributed by atoms with Crippen LogP contribution in [0, 0.1) is 11.8 Å². The normalized spacial score (nSPS) is 15.4. The van der Waals surface area contributed by atoms with Gasteiger partial charge in [-0.25, -0.2) is 0 Å². The van der Waals surface area contributed by atoms with Crippen LogP contribution in [0.1, 0.15) is 32.3 Å². The van der Waals surface area contributed by atoms with Crippen molar-refractivity contribution in [3.05, 3.63) is 35.9 Å². The lowest BCUT2D eigenvalue weighted by Crippen LogP contribution is -2.49. The van der Waals surface area contributed by atoms with Crippen molar-refractivity contribution >= 4 is 36.6 Å². The van der Waals surface area contributed by atoms with Crippen molar-refractivity contribution in [2.24, 2.45) is 17.6 Å². The molecule has 0 aliphatic carbocycles. The Balaban J connectivity index is 0.00000392. The van der Waals surface area contributed by atoms with Gasteiger partial charge in [0.1, 0.15) is 0 Å². The lowest BCUT2D eigenvalue weighted by Gasteiger charge is -2.34. The molecule has 166 valence electrons. The molecule has 3 N–H and O–H groups in total. The zero-order valence-electron chi connectivity index (χ0n) is 17.7. The molecule has 2 rings (SSSR count). The van der Waals surface area contributed by atoms with Crippen LogP contribution in [-0.2, 0) is 16.1 Å². The molecule has 1 saturated heterocycles. The number of rotatable bonds is 8. The topological polar surface area (TPSA) is 78.7 Å². The molecule has 0 saturated carbocycles. The first kappa shape index (κ1) is 27.7. The van der Waals surface area contributed by atoms with Crippen molar-refractivity contribution in [3.8, 4) is 0 Å². The second-order valence-electron chi connectivity index (χ2n) is 7.99. The number of nitrogens with zero attached hydrogens (tertiary/aromatic N) is 2. The Morgan fingerprint density at radius 3 is 2.31 bits per heavy atom. The number of carbonyl (C=O) groups excluding carboxylic acids is 2. The first-order valence-electron chi connectivity index (χ1n) is 9.90. The van der Waals surface area contributed by atoms with E-state index in [2.05, 4.69) is 41.5 Å². The minimum Gasteiger partial charge on any atom is -0.346 e. The van der Waals surface area contributed by atoms with E-state index in [1.807, 2.05) is 24.8 Å². The molecule has 0 aromatic heterocycles. The molecule has 1 fully saturated rings. The lowest BCUT2D eigenvalue weighted by molar-refractivity contribution is -0.134. The molecule has 29 heavy (non-hydrogen) atoms. The maximum atomic E-state index is 12.3. The monoisotopic (exact) mass is 446 g/mol. The van der Waals surface area contributed by atoms with Crippen molar-refractivity contribution in [3.63, 3.8) is 0 Å². The molecule has 1 aliphatic heterocycles. The summed E-state index contributed by atoms with van der Waals surface area (Å²) in [6.45, 7) is 7.33. The maximum Gasteiger partial charge on any atom is 0.241 e. The highest BCUT2D eigenvalue weighted by Crippen LogP contribution is 2.19. The largest absolute Gasteiger partial charge is 0.346 e. The van der Waals surface area contributed by atoms with Crippen LogP contribution in [0.5, 0.6) is 0 Å². The molecule has 0 spiro atoms. The van der Waals surface area contributed by atoms with E-state index in [-0.39, 0.29) is 49.1 Å². The second kappa shape index (κ2) is 13.8. The molecule has 0 radical (unpaired) electrons. The summed E-state index contributed by atoms with van der Waals surface area (Å²) in [6, 6.07) is 9.91. The van der Waals surface area contributed by atoms with Gasteiger partial charge in [0.2, 0.25) is 11.8 Å². The van der Waals surface area contributed by atoms with E-state index in [0.717, 1.165) is 39.0 Å². The summed E-state index contributed by atoms with van der Waals surface area (Å²) in [5.74, 6) is 0.390. The van der Waals surface area contributed by atoms with E-state index in [1.54, 1.807) is 0 Å². The minimum absolute atomic E-state index is 0. The SMILES string of the molecule is CC(C)[C@H](N)C(=O)NCC(=O)N1CCC(CN(C)Cc2ccccc2)CC1.Cl.Cl. The summed E-state index contributed by atoms with van der Waals surface area (Å²) in [7, 11) is 2.15. The molecule has 0 bridgehead atoms. The van der Waals surface area contributed by atoms with Gasteiger partial charge in [-0.15, -0.1) is 24.8 Å². The predicted octanol–water partition coefficient (Wildman–Crippen LogP) is 2.30. The Kier molecular flexibility index (Phi) is 13.2. The smallest absolute Gasteiger partial charge is 0.241 e. The van der Waals surface area contributed by atoms with Crippen LogP contribution in [0.15, 0.2) is 30.3 Å². The van der Waals surface area contributed by atoms with Crippen molar-refractivity contribution in [1.82, 2.24) is 15.1 Å². The van der Waals surface area contributed by atoms with E-state index >= 15 is 0 Å². The molecule has 1 atom stereocenters. The fraction of sp³-hybridized carbons (Fsp3) is 0.619. The van der Waals surface area contributed by atoms with Crippen LogP contribution < -0.4 is 11.1 Å². The quantitative estimate of drug-likeness (QED) is 0.641. The third-order valence-electron chi connectivity index (χ3n) is 5.27. The molecule has 1 aromatic carbocycles. The Bertz CT molecular complexity index is 608. The third-order valence-corrected chi connectivity index (χ3v) is 5.27. The number of hydrogen-bond donors (Lipinski definition) is 2. The number of nitrogens with one attached hydrogen (secondary N) is 1. The number of piperidine rings is 1. The summed E-state index contributed by atoms with van der Waals surface area (Å²) < 4.78 is 0. The Morgan fingerprint density at radius 1 is 1.17 bits per heavy atom. The van der Waals surface area contributed by atoms with Crippen molar-refractivity contribution in [2.45, 2.75) is 39.3 Å². The summed E-state index contributed by atoms with van der Waals surface area (Å²) in [5.41, 5.74) is 7.12. The van der Waals surface area contributed by atoms with Crippen LogP contribution >= 0.6 is 24.8 Å². The molecule has 8 heteroatoms. The highest BCUT2D eigenvalue weighted by Gasteiger charge is 2.24. The lowest BCUT2D eigenvalue weighted by atomic mass is 9.96. The van der Waals surface area contributed by atoms with E-state index < -0.39 is 6.04 Å². The van der Waals surface area contributed by atoms with Gasteiger partial charge in [-0.1, -0.05) is 44.2 Å². The fourth-order valence-electron chi connectivity index (χ4n) is 3.46. The standard InChI is InChI=1S/C21H34N4O2.2ClH/c1-16(2)20(22)21(27)23-13-19(26)25-11-9-18(10-12-25)15-24(3)14-17-7-5-4-6-8-17;;/h4-8,16,18,20H,9-15,22H2,1-3H3,(H,23,27);2*1H/t20-;;/m0../s1. The summed E-state index contributed by atoms with van der Waals surface area (Å²) in [4.78, 5) is 28.4. The number of carbonyl (C=O) groups is 2. The molecule has 2 amide bonds. The van der Waals surface area contributed by atoms with E-state index in [9.17, 15) is 9.59 Å². The van der Waals surface area contributed by atoms with E-state index in [4.69, 9.17) is 5.73 Å². The number of hydrogen-bond acceptors (Lipinski definition) is 4. The molecule has 1 aliphatic rings. The highest BCUT2D eigenvalue weighted by atomic mass is 35.5. The summed E-state index contributed by atoms with van der Waals surface area (Å²) in [6.07, 6.45) is 2.01. The van der Waals surface area contributed by atoms with Crippen molar-refractivity contribution < 1.29 is 9.59 Å². The first-order valence-corrected chi connectivity index (χ1v) is 9.90. The van der Waals surface area contributed by atoms with E-state index in [0.29, 0.717) is 5.92 Å². The zero-order valence-corrected chi connectivity index (χ0v) is 19.3. The Morgan fingerprint density at radius 2 is 1.76 bits per heavy atom. The average Bonchev–Trinajstić information content (AvgIpc) is 2.66. The average molecular weight is 447 g/mol. The van der Waals surface area contributed by atoms with Gasteiger partial charge in [0.25, 0.3) is 0 Å². The third kappa shape index (κ3) is 9.34. The summed E-state index contributed by atoms with van der Waals surface area (Å²) >= 11 is 0. The van der Waals surface area contributed by atoms with Crippen LogP contribution in [0.25, 0.3) is 0 Å². The predicted molar refractivity (Wildman–Crippen MR) is 122 cm³/mol. The van der Waals surface area contributed by atoms with Crippen LogP contribution in [-0.4, -0.2) is 60.9 Å². The van der Waals surface area contributed by atoms with Crippen LogP contribution in [0.3, 0.4) is 0 Å². The number of likely N-dealkylation sites (tertiary alicyclic amines) is 1. The Labute approximate surface area is 187 Å². The zero-order chi connectivity index (χ0) is 19.8. The van der Waals surface area contributed by atoms with Gasteiger partial charge in [0, 0.05) is 26.2 Å². The van der Waals surface area contributed by atoms with Gasteiger partial charge < -0.3 is 20.9 Å². The molecular weight excluding hydrogens is 411 g/mol. The molecular formula is C21H36Cl2N4O2. The van der Waals surface area contributed by atoms with Crippen LogP contribution in [0.4, 0.5) is 0 Å². The molecule has 0 unspecified atom stereocenters. The van der Waals surface area contributed by atoms with Gasteiger partial charge >= 0.3 is 0 Å². The second-order valence-corrected chi connectivity index (χ2v) is 7.99. The number of halogens is 2. The Hall–Kier alpha value is -1.34. The van der Waals surface area contributed by atoms with Crippen molar-refractivity contribution in [2.75, 3.05) is 33.2 Å². The number of nitrogens with two attached hydrogens (primary N) is 1. The van der Waals surface area contributed by atoms with Crippen molar-refractivity contribution in [1.29, 1.82) is 0 Å². The number of amides is 2. The number of benzene rings is 1. The molecule has 1 heterocycles. The van der Waals surface area contributed by atoms with Crippen LogP contribution in [0.2, 0.25) is 0 Å². The summed E-state index contributed by atoms with van der Waals surface area (Å²) in [5, 5.41) is 2.67. The first-order chi connectivity index (χ1) is 12.9. The van der Waals surface area contributed by atoms with Gasteiger partial charge in [0.05, 0.1) is 12.6 Å². The minimum atomic E-state index is -0.566. The fourth-order valence-corrected chi connectivity index (χ4v) is 3.46. The van der Waals surface area contributed by atoms with Gasteiger partial charge in [-0.2, -0.15) is 0 Å². The van der Waals surface area contributed by atoms with Gasteiger partial charge in [-0.3, -0.25) is 9.59 Å². The highest BCUT2D eigenvalue weighted by molar-refractivity contribution is 5.87. The molecule has 1 aromatic rings. The van der Waals surface area contributed by atoms with Gasteiger partial charge in [0.15, 0.2) is 0 Å². The molecule has 6 nitrogen and oxygen atoms in total.